The van der Waals surface area contributed by atoms with Crippen LogP contribution in [0.2, 0.25) is 0 Å². The molecule has 0 aromatic carbocycles. The van der Waals surface area contributed by atoms with Gasteiger partial charge in [0, 0.05) is 24.5 Å². The number of hydrogen-bond donors (Lipinski definition) is 3. The van der Waals surface area contributed by atoms with Crippen LogP contribution in [0.25, 0.3) is 0 Å². The molecule has 0 bridgehead atoms. The summed E-state index contributed by atoms with van der Waals surface area (Å²) in [6, 6.07) is 3.73. The van der Waals surface area contributed by atoms with Crippen LogP contribution in [0.3, 0.4) is 0 Å². The van der Waals surface area contributed by atoms with E-state index < -0.39 is 0 Å². The van der Waals surface area contributed by atoms with E-state index in [0.29, 0.717) is 24.2 Å². The van der Waals surface area contributed by atoms with E-state index in [9.17, 15) is 0 Å². The minimum atomic E-state index is 0.398. The smallest absolute Gasteiger partial charge is 0.228 e. The molecule has 0 spiro atoms. The summed E-state index contributed by atoms with van der Waals surface area (Å²) in [4.78, 5) is 8.34. The number of H-pyrrole nitrogens is 1. The van der Waals surface area contributed by atoms with Gasteiger partial charge in [-0.1, -0.05) is 13.8 Å². The van der Waals surface area contributed by atoms with Crippen LogP contribution in [0, 0.1) is 0 Å². The third kappa shape index (κ3) is 2.79. The fraction of sp³-hybridized carbons (Fsp3) is 0.364. The van der Waals surface area contributed by atoms with Gasteiger partial charge in [-0.25, -0.2) is 9.97 Å². The summed E-state index contributed by atoms with van der Waals surface area (Å²) in [5.74, 6) is 1.63. The van der Waals surface area contributed by atoms with Gasteiger partial charge < -0.3 is 11.1 Å². The molecule has 0 aliphatic carbocycles. The third-order valence-corrected chi connectivity index (χ3v) is 2.38. The van der Waals surface area contributed by atoms with Crippen molar-refractivity contribution in [2.45, 2.75) is 26.3 Å². The molecule has 90 valence electrons. The quantitative estimate of drug-likeness (QED) is 0.743. The van der Waals surface area contributed by atoms with E-state index in [1.54, 1.807) is 12.3 Å². The zero-order valence-electron chi connectivity index (χ0n) is 9.94. The average Bonchev–Trinajstić information content (AvgIpc) is 2.78. The highest BCUT2D eigenvalue weighted by Crippen LogP contribution is 2.16. The van der Waals surface area contributed by atoms with Crippen molar-refractivity contribution in [3.8, 4) is 0 Å². The molecule has 2 aromatic rings. The molecule has 2 aromatic heterocycles. The van der Waals surface area contributed by atoms with Gasteiger partial charge in [-0.05, 0) is 12.0 Å². The molecule has 6 nitrogen and oxygen atoms in total. The molecule has 6 heteroatoms. The van der Waals surface area contributed by atoms with Gasteiger partial charge in [0.2, 0.25) is 5.95 Å². The van der Waals surface area contributed by atoms with Gasteiger partial charge in [0.1, 0.15) is 0 Å². The Kier molecular flexibility index (Phi) is 3.34. The highest BCUT2D eigenvalue weighted by Gasteiger charge is 2.06. The zero-order valence-corrected chi connectivity index (χ0v) is 9.94. The maximum atomic E-state index is 5.52. The molecule has 2 heterocycles. The van der Waals surface area contributed by atoms with E-state index in [1.807, 2.05) is 6.07 Å². The normalized spacial score (nSPS) is 10.8. The van der Waals surface area contributed by atoms with E-state index in [0.717, 1.165) is 11.4 Å². The van der Waals surface area contributed by atoms with Gasteiger partial charge in [-0.15, -0.1) is 0 Å². The molecule has 0 amide bonds. The summed E-state index contributed by atoms with van der Waals surface area (Å²) >= 11 is 0. The van der Waals surface area contributed by atoms with Gasteiger partial charge in [0.05, 0.1) is 5.69 Å². The number of hydrogen-bond acceptors (Lipinski definition) is 5. The first-order chi connectivity index (χ1) is 8.19. The Hall–Kier alpha value is -1.95. The molecular weight excluding hydrogens is 216 g/mol. The molecule has 0 fully saturated rings. The summed E-state index contributed by atoms with van der Waals surface area (Å²) in [6.45, 7) is 4.60. The lowest BCUT2D eigenvalue weighted by Crippen LogP contribution is -2.03. The van der Waals surface area contributed by atoms with Crippen LogP contribution in [0.5, 0.6) is 0 Å². The number of anilines is 2. The Morgan fingerprint density at radius 2 is 2.29 bits per heavy atom. The first-order valence-corrected chi connectivity index (χ1v) is 5.53. The summed E-state index contributed by atoms with van der Waals surface area (Å²) in [7, 11) is 0. The summed E-state index contributed by atoms with van der Waals surface area (Å²) in [5.41, 5.74) is 7.38. The number of rotatable bonds is 4. The second-order valence-electron chi connectivity index (χ2n) is 4.06. The van der Waals surface area contributed by atoms with Crippen LogP contribution in [-0.2, 0) is 6.54 Å². The second-order valence-corrected chi connectivity index (χ2v) is 4.06. The van der Waals surface area contributed by atoms with Crippen LogP contribution in [0.4, 0.5) is 11.8 Å². The minimum absolute atomic E-state index is 0.398. The molecule has 0 atom stereocenters. The van der Waals surface area contributed by atoms with Crippen LogP contribution in [0.1, 0.15) is 31.2 Å². The van der Waals surface area contributed by atoms with Crippen molar-refractivity contribution in [2.24, 2.45) is 5.73 Å². The van der Waals surface area contributed by atoms with Crippen molar-refractivity contribution in [3.05, 3.63) is 29.7 Å². The minimum Gasteiger partial charge on any atom is -0.325 e. The largest absolute Gasteiger partial charge is 0.325 e. The summed E-state index contributed by atoms with van der Waals surface area (Å²) < 4.78 is 0. The number of aromatic amines is 1. The Bertz CT molecular complexity index is 490. The fourth-order valence-electron chi connectivity index (χ4n) is 1.38. The van der Waals surface area contributed by atoms with E-state index in [-0.39, 0.29) is 0 Å². The fourth-order valence-corrected chi connectivity index (χ4v) is 1.38. The predicted molar refractivity (Wildman–Crippen MR) is 65.9 cm³/mol. The predicted octanol–water partition coefficient (Wildman–Crippen LogP) is 1.53. The van der Waals surface area contributed by atoms with Crippen LogP contribution in [-0.4, -0.2) is 20.2 Å². The van der Waals surface area contributed by atoms with Crippen molar-refractivity contribution in [1.82, 2.24) is 20.2 Å². The third-order valence-electron chi connectivity index (χ3n) is 2.38. The lowest BCUT2D eigenvalue weighted by Gasteiger charge is -2.02. The number of nitrogens with one attached hydrogen (secondary N) is 2. The standard InChI is InChI=1S/C11H16N6/c1-7(2)9-5-10(17-16-9)15-11-13-4-3-8(6-12)14-11/h3-5,7H,6,12H2,1-2H3,(H2,13,14,15,16,17). The number of nitrogens with zero attached hydrogens (tertiary/aromatic N) is 3. The molecule has 17 heavy (non-hydrogen) atoms. The van der Waals surface area contributed by atoms with Gasteiger partial charge >= 0.3 is 0 Å². The Balaban J connectivity index is 2.13. The summed E-state index contributed by atoms with van der Waals surface area (Å²) in [6.07, 6.45) is 1.67. The number of nitrogens with two attached hydrogens (primary N) is 1. The number of aromatic nitrogens is 4. The molecule has 2 rings (SSSR count). The van der Waals surface area contributed by atoms with Crippen LogP contribution < -0.4 is 11.1 Å². The lowest BCUT2D eigenvalue weighted by atomic mass is 10.1. The SMILES string of the molecule is CC(C)c1cc(Nc2nccc(CN)n2)n[nH]1. The Labute approximate surface area is 99.7 Å². The van der Waals surface area contributed by atoms with Gasteiger partial charge in [0.15, 0.2) is 5.82 Å². The summed E-state index contributed by atoms with van der Waals surface area (Å²) in [5, 5.41) is 10.1. The molecule has 0 unspecified atom stereocenters. The van der Waals surface area contributed by atoms with Crippen molar-refractivity contribution in [1.29, 1.82) is 0 Å². The van der Waals surface area contributed by atoms with Gasteiger partial charge in [-0.3, -0.25) is 5.10 Å². The maximum absolute atomic E-state index is 5.52. The average molecular weight is 232 g/mol. The van der Waals surface area contributed by atoms with E-state index in [4.69, 9.17) is 5.73 Å². The van der Waals surface area contributed by atoms with Crippen molar-refractivity contribution >= 4 is 11.8 Å². The molecule has 4 N–H and O–H groups in total. The van der Waals surface area contributed by atoms with E-state index in [1.165, 1.54) is 0 Å². The van der Waals surface area contributed by atoms with Crippen LogP contribution >= 0.6 is 0 Å². The highest BCUT2D eigenvalue weighted by molar-refractivity contribution is 5.48. The monoisotopic (exact) mass is 232 g/mol. The molecule has 0 aliphatic heterocycles. The van der Waals surface area contributed by atoms with E-state index in [2.05, 4.69) is 39.3 Å². The van der Waals surface area contributed by atoms with Crippen molar-refractivity contribution in [2.75, 3.05) is 5.32 Å². The highest BCUT2D eigenvalue weighted by atomic mass is 15.2. The van der Waals surface area contributed by atoms with Crippen molar-refractivity contribution < 1.29 is 0 Å². The molecule has 0 saturated heterocycles. The zero-order chi connectivity index (χ0) is 12.3. The molecular formula is C11H16N6. The van der Waals surface area contributed by atoms with E-state index >= 15 is 0 Å². The second kappa shape index (κ2) is 4.92. The Morgan fingerprint density at radius 1 is 1.47 bits per heavy atom. The molecule has 0 radical (unpaired) electrons. The first kappa shape index (κ1) is 11.5. The Morgan fingerprint density at radius 3 is 2.94 bits per heavy atom. The first-order valence-electron chi connectivity index (χ1n) is 5.53. The van der Waals surface area contributed by atoms with Crippen molar-refractivity contribution in [3.63, 3.8) is 0 Å². The topological polar surface area (TPSA) is 92.5 Å². The maximum Gasteiger partial charge on any atom is 0.228 e. The lowest BCUT2D eigenvalue weighted by molar-refractivity contribution is 0.811. The molecule has 0 aliphatic rings. The molecule has 0 saturated carbocycles. The van der Waals surface area contributed by atoms with Gasteiger partial charge in [-0.2, -0.15) is 5.10 Å². The van der Waals surface area contributed by atoms with Gasteiger partial charge in [0.25, 0.3) is 0 Å². The van der Waals surface area contributed by atoms with Crippen LogP contribution in [0.15, 0.2) is 18.3 Å².